The molecule has 1 amide bonds. The number of hydrogen-bond donors (Lipinski definition) is 1. The molecular formula is C18H19N3O4. The molecule has 7 nitrogen and oxygen atoms in total. The van der Waals surface area contributed by atoms with Crippen LogP contribution in [0.3, 0.4) is 0 Å². The summed E-state index contributed by atoms with van der Waals surface area (Å²) in [7, 11) is 0. The van der Waals surface area contributed by atoms with Gasteiger partial charge in [-0.15, -0.1) is 0 Å². The number of nitrogens with one attached hydrogen (secondary N) is 1. The van der Waals surface area contributed by atoms with Crippen molar-refractivity contribution in [2.45, 2.75) is 26.9 Å². The van der Waals surface area contributed by atoms with Gasteiger partial charge in [-0.05, 0) is 50.1 Å². The van der Waals surface area contributed by atoms with Crippen LogP contribution in [0.2, 0.25) is 0 Å². The molecule has 0 fully saturated rings. The number of amides is 1. The Hall–Kier alpha value is -3.22. The van der Waals surface area contributed by atoms with E-state index in [1.807, 2.05) is 38.1 Å². The fraction of sp³-hybridized carbons (Fsp3) is 0.222. The number of aryl methyl sites for hydroxylation is 1. The predicted molar refractivity (Wildman–Crippen MR) is 95.5 cm³/mol. The van der Waals surface area contributed by atoms with Gasteiger partial charge in [0, 0.05) is 12.1 Å². The maximum absolute atomic E-state index is 12.0. The summed E-state index contributed by atoms with van der Waals surface area (Å²) < 4.78 is 5.60. The first-order valence-corrected chi connectivity index (χ1v) is 7.72. The molecule has 25 heavy (non-hydrogen) atoms. The first-order valence-electron chi connectivity index (χ1n) is 7.72. The third kappa shape index (κ3) is 5.42. The molecule has 7 heteroatoms. The topological polar surface area (TPSA) is 94.4 Å². The normalized spacial score (nSPS) is 10.9. The summed E-state index contributed by atoms with van der Waals surface area (Å²) in [4.78, 5) is 26.1. The standard InChI is InChI=1S/C18H19N3O4/c1-12(2)25-16-6-4-5-14(10-16)7-8-17(22)20-18-13(3)9-15(11-19-18)21(23)24/h4-12H,1-3H3,(H,19,20,22)/b8-7+. The van der Waals surface area contributed by atoms with Crippen molar-refractivity contribution in [2.24, 2.45) is 0 Å². The van der Waals surface area contributed by atoms with Crippen LogP contribution in [0.4, 0.5) is 11.5 Å². The van der Waals surface area contributed by atoms with Crippen LogP contribution >= 0.6 is 0 Å². The van der Waals surface area contributed by atoms with Crippen molar-refractivity contribution in [3.63, 3.8) is 0 Å². The van der Waals surface area contributed by atoms with E-state index in [1.54, 1.807) is 13.0 Å². The van der Waals surface area contributed by atoms with Crippen LogP contribution in [0.25, 0.3) is 6.08 Å². The first kappa shape index (κ1) is 18.1. The van der Waals surface area contributed by atoms with E-state index in [4.69, 9.17) is 4.74 Å². The maximum atomic E-state index is 12.0. The second-order valence-electron chi connectivity index (χ2n) is 5.68. The monoisotopic (exact) mass is 341 g/mol. The van der Waals surface area contributed by atoms with Gasteiger partial charge < -0.3 is 10.1 Å². The average Bonchev–Trinajstić information content (AvgIpc) is 2.54. The molecule has 1 heterocycles. The summed E-state index contributed by atoms with van der Waals surface area (Å²) in [6.45, 7) is 5.52. The molecule has 0 unspecified atom stereocenters. The van der Waals surface area contributed by atoms with E-state index in [-0.39, 0.29) is 23.5 Å². The van der Waals surface area contributed by atoms with E-state index < -0.39 is 4.92 Å². The van der Waals surface area contributed by atoms with Crippen molar-refractivity contribution in [3.8, 4) is 5.75 Å². The van der Waals surface area contributed by atoms with E-state index >= 15 is 0 Å². The van der Waals surface area contributed by atoms with E-state index in [0.29, 0.717) is 5.56 Å². The zero-order valence-electron chi connectivity index (χ0n) is 14.2. The quantitative estimate of drug-likeness (QED) is 0.491. The molecule has 130 valence electrons. The Morgan fingerprint density at radius 1 is 1.36 bits per heavy atom. The molecule has 1 N–H and O–H groups in total. The second-order valence-corrected chi connectivity index (χ2v) is 5.68. The Labute approximate surface area is 145 Å². The van der Waals surface area contributed by atoms with Gasteiger partial charge in [0.15, 0.2) is 0 Å². The SMILES string of the molecule is Cc1cc([N+](=O)[O-])cnc1NC(=O)/C=C/c1cccc(OC(C)C)c1. The molecule has 1 aromatic carbocycles. The van der Waals surface area contributed by atoms with Gasteiger partial charge in [0.2, 0.25) is 5.91 Å². The lowest BCUT2D eigenvalue weighted by molar-refractivity contribution is -0.385. The number of pyridine rings is 1. The number of aromatic nitrogens is 1. The minimum atomic E-state index is -0.530. The zero-order chi connectivity index (χ0) is 18.4. The Bertz CT molecular complexity index is 816. The largest absolute Gasteiger partial charge is 0.491 e. The van der Waals surface area contributed by atoms with Crippen molar-refractivity contribution < 1.29 is 14.5 Å². The number of anilines is 1. The van der Waals surface area contributed by atoms with Crippen LogP contribution < -0.4 is 10.1 Å². The summed E-state index contributed by atoms with van der Waals surface area (Å²) in [6, 6.07) is 8.74. The Morgan fingerprint density at radius 3 is 2.76 bits per heavy atom. The van der Waals surface area contributed by atoms with Crippen LogP contribution in [-0.4, -0.2) is 21.9 Å². The van der Waals surface area contributed by atoms with Gasteiger partial charge in [-0.3, -0.25) is 14.9 Å². The van der Waals surface area contributed by atoms with Crippen LogP contribution in [0, 0.1) is 17.0 Å². The number of carbonyl (C=O) groups is 1. The van der Waals surface area contributed by atoms with Crippen molar-refractivity contribution in [1.29, 1.82) is 0 Å². The third-order valence-corrected chi connectivity index (χ3v) is 3.17. The number of nitrogens with zero attached hydrogens (tertiary/aromatic N) is 2. The Kier molecular flexibility index (Phi) is 5.84. The van der Waals surface area contributed by atoms with Gasteiger partial charge in [0.05, 0.1) is 11.0 Å². The predicted octanol–water partition coefficient (Wildman–Crippen LogP) is 3.74. The fourth-order valence-electron chi connectivity index (χ4n) is 2.08. The third-order valence-electron chi connectivity index (χ3n) is 3.17. The number of hydrogen-bond acceptors (Lipinski definition) is 5. The fourth-order valence-corrected chi connectivity index (χ4v) is 2.08. The van der Waals surface area contributed by atoms with E-state index in [1.165, 1.54) is 12.1 Å². The summed E-state index contributed by atoms with van der Waals surface area (Å²) in [5, 5.41) is 13.3. The van der Waals surface area contributed by atoms with Gasteiger partial charge >= 0.3 is 0 Å². The first-order chi connectivity index (χ1) is 11.8. The van der Waals surface area contributed by atoms with Crippen LogP contribution in [-0.2, 0) is 4.79 Å². The van der Waals surface area contributed by atoms with Crippen LogP contribution in [0.5, 0.6) is 5.75 Å². The Balaban J connectivity index is 2.05. The number of nitro groups is 1. The number of carbonyl (C=O) groups excluding carboxylic acids is 1. The Morgan fingerprint density at radius 2 is 2.12 bits per heavy atom. The van der Waals surface area contributed by atoms with Gasteiger partial charge in [0.1, 0.15) is 17.8 Å². The van der Waals surface area contributed by atoms with E-state index in [2.05, 4.69) is 10.3 Å². The molecule has 0 bridgehead atoms. The molecule has 0 aliphatic rings. The number of rotatable bonds is 6. The van der Waals surface area contributed by atoms with Crippen molar-refractivity contribution in [1.82, 2.24) is 4.98 Å². The minimum absolute atomic E-state index is 0.0683. The summed E-state index contributed by atoms with van der Waals surface area (Å²) in [6.07, 6.45) is 4.21. The molecule has 1 aromatic heterocycles. The second kappa shape index (κ2) is 8.05. The number of ether oxygens (including phenoxy) is 1. The highest BCUT2D eigenvalue weighted by molar-refractivity contribution is 6.01. The lowest BCUT2D eigenvalue weighted by Gasteiger charge is -2.09. The highest BCUT2D eigenvalue weighted by Gasteiger charge is 2.10. The van der Waals surface area contributed by atoms with Gasteiger partial charge in [-0.25, -0.2) is 4.98 Å². The molecule has 0 spiro atoms. The lowest BCUT2D eigenvalue weighted by Crippen LogP contribution is -2.10. The highest BCUT2D eigenvalue weighted by atomic mass is 16.6. The van der Waals surface area contributed by atoms with Gasteiger partial charge in [-0.2, -0.15) is 0 Å². The van der Waals surface area contributed by atoms with Crippen LogP contribution in [0.15, 0.2) is 42.6 Å². The van der Waals surface area contributed by atoms with Gasteiger partial charge in [-0.1, -0.05) is 12.1 Å². The molecule has 2 aromatic rings. The summed E-state index contributed by atoms with van der Waals surface area (Å²) in [5.74, 6) is 0.641. The van der Waals surface area contributed by atoms with E-state index in [9.17, 15) is 14.9 Å². The van der Waals surface area contributed by atoms with Crippen molar-refractivity contribution in [2.75, 3.05) is 5.32 Å². The molecule has 0 radical (unpaired) electrons. The molecule has 0 atom stereocenters. The zero-order valence-corrected chi connectivity index (χ0v) is 14.2. The van der Waals surface area contributed by atoms with Crippen LogP contribution in [0.1, 0.15) is 25.0 Å². The smallest absolute Gasteiger partial charge is 0.287 e. The maximum Gasteiger partial charge on any atom is 0.287 e. The van der Waals surface area contributed by atoms with Gasteiger partial charge in [0.25, 0.3) is 5.69 Å². The summed E-state index contributed by atoms with van der Waals surface area (Å²) >= 11 is 0. The molecular weight excluding hydrogens is 322 g/mol. The molecule has 0 saturated carbocycles. The van der Waals surface area contributed by atoms with E-state index in [0.717, 1.165) is 17.5 Å². The molecule has 2 rings (SSSR count). The molecule has 0 saturated heterocycles. The summed E-state index contributed by atoms with van der Waals surface area (Å²) in [5.41, 5.74) is 1.22. The minimum Gasteiger partial charge on any atom is -0.491 e. The van der Waals surface area contributed by atoms with Crippen molar-refractivity contribution >= 4 is 23.5 Å². The molecule has 0 aliphatic carbocycles. The average molecular weight is 341 g/mol. The van der Waals surface area contributed by atoms with Crippen molar-refractivity contribution in [3.05, 3.63) is 63.8 Å². The lowest BCUT2D eigenvalue weighted by atomic mass is 10.2. The highest BCUT2D eigenvalue weighted by Crippen LogP contribution is 2.18. The number of benzene rings is 1. The molecule has 0 aliphatic heterocycles.